The number of benzene rings is 2. The minimum absolute atomic E-state index is 0.120. The van der Waals surface area contributed by atoms with Crippen molar-refractivity contribution in [2.24, 2.45) is 5.10 Å². The van der Waals surface area contributed by atoms with Crippen LogP contribution < -0.4 is 10.3 Å². The molecule has 3 rings (SSSR count). The third kappa shape index (κ3) is 3.67. The third-order valence-corrected chi connectivity index (χ3v) is 4.90. The molecule has 0 aromatic heterocycles. The van der Waals surface area contributed by atoms with E-state index in [1.165, 1.54) is 30.5 Å². The summed E-state index contributed by atoms with van der Waals surface area (Å²) in [6.45, 7) is 8.95. The van der Waals surface area contributed by atoms with Crippen LogP contribution in [-0.4, -0.2) is 24.2 Å². The molecule has 2 aromatic carbocycles. The number of anilines is 1. The number of halogens is 2. The van der Waals surface area contributed by atoms with Gasteiger partial charge in [-0.3, -0.25) is 4.79 Å². The molecule has 2 aromatic rings. The average Bonchev–Trinajstić information content (AvgIpc) is 2.62. The predicted octanol–water partition coefficient (Wildman–Crippen LogP) is 4.75. The number of carbonyl (C=O) groups excluding carboxylic acids is 1. The van der Waals surface area contributed by atoms with Crippen molar-refractivity contribution in [3.8, 4) is 0 Å². The quantitative estimate of drug-likeness (QED) is 0.612. The lowest BCUT2D eigenvalue weighted by Crippen LogP contribution is -2.45. The van der Waals surface area contributed by atoms with Crippen molar-refractivity contribution < 1.29 is 13.6 Å². The molecule has 4 nitrogen and oxygen atoms in total. The van der Waals surface area contributed by atoms with Crippen molar-refractivity contribution in [1.82, 2.24) is 5.43 Å². The Labute approximate surface area is 163 Å². The van der Waals surface area contributed by atoms with Gasteiger partial charge in [-0.2, -0.15) is 5.10 Å². The predicted molar refractivity (Wildman–Crippen MR) is 109 cm³/mol. The van der Waals surface area contributed by atoms with Gasteiger partial charge in [-0.25, -0.2) is 14.2 Å². The minimum atomic E-state index is -0.692. The van der Waals surface area contributed by atoms with Crippen LogP contribution in [0, 0.1) is 11.6 Å². The van der Waals surface area contributed by atoms with Gasteiger partial charge in [-0.15, -0.1) is 0 Å². The summed E-state index contributed by atoms with van der Waals surface area (Å²) in [4.78, 5) is 14.1. The van der Waals surface area contributed by atoms with Crippen LogP contribution in [-0.2, 0) is 0 Å². The lowest BCUT2D eigenvalue weighted by atomic mass is 9.88. The number of carbonyl (C=O) groups is 1. The van der Waals surface area contributed by atoms with Crippen molar-refractivity contribution in [2.45, 2.75) is 33.2 Å². The minimum Gasteiger partial charge on any atom is -0.363 e. The molecular weight excluding hydrogens is 360 g/mol. The fraction of sp³-hybridized carbons (Fsp3) is 0.273. The van der Waals surface area contributed by atoms with Crippen LogP contribution in [0.2, 0.25) is 0 Å². The first-order chi connectivity index (χ1) is 13.2. The highest BCUT2D eigenvalue weighted by Gasteiger charge is 2.30. The first-order valence-corrected chi connectivity index (χ1v) is 9.13. The Kier molecular flexibility index (Phi) is 5.31. The maximum Gasteiger partial charge on any atom is 0.274 e. The second-order valence-electron chi connectivity index (χ2n) is 7.30. The van der Waals surface area contributed by atoms with E-state index < -0.39 is 17.5 Å². The van der Waals surface area contributed by atoms with Gasteiger partial charge in [-0.1, -0.05) is 18.2 Å². The lowest BCUT2D eigenvalue weighted by Gasteiger charge is -2.42. The molecule has 1 heterocycles. The number of hydrogen-bond acceptors (Lipinski definition) is 3. The first-order valence-electron chi connectivity index (χ1n) is 9.13. The van der Waals surface area contributed by atoms with E-state index in [2.05, 4.69) is 35.4 Å². The largest absolute Gasteiger partial charge is 0.363 e. The molecule has 0 aliphatic carbocycles. The second kappa shape index (κ2) is 7.54. The summed E-state index contributed by atoms with van der Waals surface area (Å²) in [6.07, 6.45) is 3.38. The second-order valence-corrected chi connectivity index (χ2v) is 7.30. The van der Waals surface area contributed by atoms with E-state index in [0.717, 1.165) is 23.4 Å². The van der Waals surface area contributed by atoms with Gasteiger partial charge in [0.15, 0.2) is 0 Å². The summed E-state index contributed by atoms with van der Waals surface area (Å²) in [7, 11) is 0. The molecule has 1 amide bonds. The number of likely N-dealkylation sites (N-methyl/N-ethyl adjacent to an activating group) is 1. The standard InChI is InChI=1S/C22H23F2N3O/c1-5-27-20-11-19(24)15(10-17(20)14(2)12-22(27,3)4)13-25-26-21(28)16-8-6-7-9-18(16)23/h6-13H,5H2,1-4H3,(H,26,28)/b25-13-. The molecule has 1 aliphatic rings. The molecule has 6 heteroatoms. The molecule has 0 unspecified atom stereocenters. The average molecular weight is 383 g/mol. The summed E-state index contributed by atoms with van der Waals surface area (Å²) < 4.78 is 28.3. The number of rotatable bonds is 4. The Hall–Kier alpha value is -3.02. The maximum atomic E-state index is 14.7. The zero-order chi connectivity index (χ0) is 20.5. The molecule has 1 N–H and O–H groups in total. The Morgan fingerprint density at radius 2 is 1.93 bits per heavy atom. The van der Waals surface area contributed by atoms with Crippen LogP contribution in [0.5, 0.6) is 0 Å². The van der Waals surface area contributed by atoms with E-state index in [1.54, 1.807) is 12.1 Å². The molecule has 1 aliphatic heterocycles. The zero-order valence-electron chi connectivity index (χ0n) is 16.4. The van der Waals surface area contributed by atoms with Crippen LogP contribution >= 0.6 is 0 Å². The molecule has 0 saturated carbocycles. The smallest absolute Gasteiger partial charge is 0.274 e. The number of fused-ring (bicyclic) bond motifs is 1. The number of amides is 1. The van der Waals surface area contributed by atoms with E-state index in [0.29, 0.717) is 0 Å². The number of allylic oxidation sites excluding steroid dienone is 1. The van der Waals surface area contributed by atoms with E-state index >= 15 is 0 Å². The van der Waals surface area contributed by atoms with Gasteiger partial charge < -0.3 is 4.90 Å². The maximum absolute atomic E-state index is 14.7. The topological polar surface area (TPSA) is 44.7 Å². The number of nitrogens with one attached hydrogen (secondary N) is 1. The van der Waals surface area contributed by atoms with Crippen molar-refractivity contribution in [3.05, 3.63) is 70.8 Å². The Balaban J connectivity index is 1.87. The fourth-order valence-corrected chi connectivity index (χ4v) is 3.66. The van der Waals surface area contributed by atoms with E-state index in [9.17, 15) is 13.6 Å². The fourth-order valence-electron chi connectivity index (χ4n) is 3.66. The Morgan fingerprint density at radius 1 is 1.21 bits per heavy atom. The van der Waals surface area contributed by atoms with Crippen LogP contribution in [0.4, 0.5) is 14.5 Å². The third-order valence-electron chi connectivity index (χ3n) is 4.90. The molecular formula is C22H23F2N3O. The van der Waals surface area contributed by atoms with Crippen molar-refractivity contribution >= 4 is 23.4 Å². The van der Waals surface area contributed by atoms with Gasteiger partial charge >= 0.3 is 0 Å². The van der Waals surface area contributed by atoms with E-state index in [1.807, 2.05) is 13.8 Å². The van der Waals surface area contributed by atoms with Crippen molar-refractivity contribution in [1.29, 1.82) is 0 Å². The number of nitrogens with zero attached hydrogens (tertiary/aromatic N) is 2. The van der Waals surface area contributed by atoms with Crippen molar-refractivity contribution in [2.75, 3.05) is 11.4 Å². The lowest BCUT2D eigenvalue weighted by molar-refractivity contribution is 0.0951. The Bertz CT molecular complexity index is 980. The summed E-state index contributed by atoms with van der Waals surface area (Å²) in [5, 5.41) is 3.80. The van der Waals surface area contributed by atoms with Crippen LogP contribution in [0.15, 0.2) is 47.6 Å². The van der Waals surface area contributed by atoms with Gasteiger partial charge in [0.1, 0.15) is 11.6 Å². The monoisotopic (exact) mass is 383 g/mol. The molecule has 0 atom stereocenters. The van der Waals surface area contributed by atoms with Crippen LogP contribution in [0.25, 0.3) is 5.57 Å². The van der Waals surface area contributed by atoms with Gasteiger partial charge in [0.25, 0.3) is 5.91 Å². The molecule has 0 saturated heterocycles. The summed E-state index contributed by atoms with van der Waals surface area (Å²) in [6, 6.07) is 8.81. The molecule has 0 spiro atoms. The molecule has 28 heavy (non-hydrogen) atoms. The van der Waals surface area contributed by atoms with E-state index in [-0.39, 0.29) is 16.7 Å². The summed E-state index contributed by atoms with van der Waals surface area (Å²) in [5.74, 6) is -1.77. The molecule has 0 radical (unpaired) electrons. The number of hydrazone groups is 1. The highest BCUT2D eigenvalue weighted by molar-refractivity contribution is 5.95. The molecule has 146 valence electrons. The van der Waals surface area contributed by atoms with E-state index in [4.69, 9.17) is 0 Å². The summed E-state index contributed by atoms with van der Waals surface area (Å²) >= 11 is 0. The molecule has 0 bridgehead atoms. The highest BCUT2D eigenvalue weighted by Crippen LogP contribution is 2.39. The summed E-state index contributed by atoms with van der Waals surface area (Å²) in [5.41, 5.74) is 4.96. The zero-order valence-corrected chi connectivity index (χ0v) is 16.4. The number of hydrogen-bond donors (Lipinski definition) is 1. The van der Waals surface area contributed by atoms with Gasteiger partial charge in [0, 0.05) is 23.4 Å². The molecule has 0 fully saturated rings. The Morgan fingerprint density at radius 3 is 2.61 bits per heavy atom. The van der Waals surface area contributed by atoms with Gasteiger partial charge in [0.2, 0.25) is 0 Å². The van der Waals surface area contributed by atoms with Gasteiger partial charge in [-0.05, 0) is 57.5 Å². The van der Waals surface area contributed by atoms with Crippen LogP contribution in [0.3, 0.4) is 0 Å². The van der Waals surface area contributed by atoms with Crippen LogP contribution in [0.1, 0.15) is 49.2 Å². The SMILES string of the molecule is CCN1c2cc(F)c(/C=N\NC(=O)c3ccccc3F)cc2C(C)=CC1(C)C. The van der Waals surface area contributed by atoms with Gasteiger partial charge in [0.05, 0.1) is 17.3 Å². The normalized spacial score (nSPS) is 15.4. The van der Waals surface area contributed by atoms with Crippen molar-refractivity contribution in [3.63, 3.8) is 0 Å². The first kappa shape index (κ1) is 19.7. The highest BCUT2D eigenvalue weighted by atomic mass is 19.1.